The molecule has 0 saturated carbocycles. The number of rotatable bonds is 0. The fourth-order valence-corrected chi connectivity index (χ4v) is 2.19. The maximum absolute atomic E-state index is 12.3. The van der Waals surface area contributed by atoms with Crippen molar-refractivity contribution in [3.63, 3.8) is 0 Å². The second kappa shape index (κ2) is 2.84. The van der Waals surface area contributed by atoms with Gasteiger partial charge in [-0.3, -0.25) is 9.36 Å². The minimum atomic E-state index is -0.205. The Morgan fingerprint density at radius 3 is 2.94 bits per heavy atom. The first-order valence-electron chi connectivity index (χ1n) is 5.36. The molecule has 1 aromatic carbocycles. The van der Waals surface area contributed by atoms with E-state index in [-0.39, 0.29) is 11.1 Å². The van der Waals surface area contributed by atoms with Crippen molar-refractivity contribution in [1.29, 1.82) is 0 Å². The van der Waals surface area contributed by atoms with Crippen LogP contribution in [0.25, 0.3) is 10.9 Å². The molecule has 16 heavy (non-hydrogen) atoms. The van der Waals surface area contributed by atoms with Gasteiger partial charge in [-0.2, -0.15) is 0 Å². The van der Waals surface area contributed by atoms with Gasteiger partial charge in [-0.15, -0.1) is 0 Å². The quantitative estimate of drug-likeness (QED) is 0.725. The van der Waals surface area contributed by atoms with E-state index >= 15 is 0 Å². The largest absolute Gasteiger partial charge is 0.353 e. The maximum Gasteiger partial charge on any atom is 0.263 e. The number of hydrogen-bond acceptors (Lipinski definition) is 3. The van der Waals surface area contributed by atoms with Gasteiger partial charge >= 0.3 is 0 Å². The lowest BCUT2D eigenvalue weighted by atomic mass is 10.1. The summed E-state index contributed by atoms with van der Waals surface area (Å²) in [6.45, 7) is 4.81. The van der Waals surface area contributed by atoms with Crippen LogP contribution in [0.4, 0.5) is 5.95 Å². The minimum Gasteiger partial charge on any atom is -0.353 e. The van der Waals surface area contributed by atoms with Crippen molar-refractivity contribution in [2.75, 3.05) is 11.9 Å². The van der Waals surface area contributed by atoms with Gasteiger partial charge in [0.2, 0.25) is 5.95 Å². The van der Waals surface area contributed by atoms with Crippen molar-refractivity contribution in [1.82, 2.24) is 9.55 Å². The topological polar surface area (TPSA) is 46.9 Å². The molecule has 4 heteroatoms. The highest BCUT2D eigenvalue weighted by Gasteiger charge is 2.31. The summed E-state index contributed by atoms with van der Waals surface area (Å²) in [6.07, 6.45) is 0. The van der Waals surface area contributed by atoms with E-state index in [4.69, 9.17) is 0 Å². The molecule has 0 aliphatic carbocycles. The van der Waals surface area contributed by atoms with Crippen LogP contribution in [0.3, 0.4) is 0 Å². The molecule has 1 N–H and O–H groups in total. The number of para-hydroxylation sites is 1. The number of anilines is 1. The third-order valence-electron chi connectivity index (χ3n) is 3.06. The van der Waals surface area contributed by atoms with Gasteiger partial charge in [0.05, 0.1) is 16.4 Å². The zero-order valence-corrected chi connectivity index (χ0v) is 9.32. The number of hydrogen-bond donors (Lipinski definition) is 1. The molecule has 0 unspecified atom stereocenters. The molecule has 1 aliphatic heterocycles. The summed E-state index contributed by atoms with van der Waals surface area (Å²) in [6, 6.07) is 7.45. The summed E-state index contributed by atoms with van der Waals surface area (Å²) in [7, 11) is 0. The third kappa shape index (κ3) is 1.10. The lowest BCUT2D eigenvalue weighted by molar-refractivity contribution is 0.405. The normalized spacial score (nSPS) is 17.1. The smallest absolute Gasteiger partial charge is 0.263 e. The second-order valence-electron chi connectivity index (χ2n) is 4.76. The Hall–Kier alpha value is -1.84. The van der Waals surface area contributed by atoms with Crippen LogP contribution in [-0.4, -0.2) is 16.1 Å². The molecule has 1 aliphatic rings. The second-order valence-corrected chi connectivity index (χ2v) is 4.76. The van der Waals surface area contributed by atoms with Gasteiger partial charge in [-0.25, -0.2) is 4.98 Å². The summed E-state index contributed by atoms with van der Waals surface area (Å²) >= 11 is 0. The van der Waals surface area contributed by atoms with Crippen LogP contribution in [-0.2, 0) is 5.54 Å². The van der Waals surface area contributed by atoms with Crippen molar-refractivity contribution in [3.8, 4) is 0 Å². The van der Waals surface area contributed by atoms with E-state index in [0.717, 1.165) is 12.1 Å². The lowest BCUT2D eigenvalue weighted by Crippen LogP contribution is -2.34. The van der Waals surface area contributed by atoms with Crippen molar-refractivity contribution in [2.24, 2.45) is 0 Å². The molecular formula is C12H13N3O. The van der Waals surface area contributed by atoms with Crippen LogP contribution in [0, 0.1) is 0 Å². The molecule has 4 nitrogen and oxygen atoms in total. The van der Waals surface area contributed by atoms with Crippen molar-refractivity contribution >= 4 is 16.9 Å². The molecule has 82 valence electrons. The van der Waals surface area contributed by atoms with E-state index in [2.05, 4.69) is 10.3 Å². The van der Waals surface area contributed by atoms with E-state index in [1.165, 1.54) is 0 Å². The highest BCUT2D eigenvalue weighted by atomic mass is 16.1. The molecule has 0 spiro atoms. The fraction of sp³-hybridized carbons (Fsp3) is 0.333. The van der Waals surface area contributed by atoms with Gasteiger partial charge in [-0.1, -0.05) is 12.1 Å². The van der Waals surface area contributed by atoms with Gasteiger partial charge in [-0.05, 0) is 26.0 Å². The zero-order chi connectivity index (χ0) is 11.3. The first kappa shape index (κ1) is 9.39. The van der Waals surface area contributed by atoms with Crippen LogP contribution in [0.15, 0.2) is 29.1 Å². The minimum absolute atomic E-state index is 0.0376. The Morgan fingerprint density at radius 1 is 1.38 bits per heavy atom. The standard InChI is InChI=1S/C12H13N3O/c1-12(2)7-13-11-14-9-6-4-3-5-8(9)10(16)15(11)12/h3-6H,7H2,1-2H3,(H,13,14). The Kier molecular flexibility index (Phi) is 1.67. The molecule has 0 atom stereocenters. The average Bonchev–Trinajstić information content (AvgIpc) is 2.55. The number of benzene rings is 1. The van der Waals surface area contributed by atoms with Crippen molar-refractivity contribution in [3.05, 3.63) is 34.6 Å². The molecule has 1 aromatic heterocycles. The zero-order valence-electron chi connectivity index (χ0n) is 9.32. The molecule has 3 rings (SSSR count). The Morgan fingerprint density at radius 2 is 2.12 bits per heavy atom. The van der Waals surface area contributed by atoms with Crippen LogP contribution >= 0.6 is 0 Å². The summed E-state index contributed by atoms with van der Waals surface area (Å²) in [5.74, 6) is 0.675. The van der Waals surface area contributed by atoms with E-state index in [1.807, 2.05) is 38.1 Å². The number of fused-ring (bicyclic) bond motifs is 2. The summed E-state index contributed by atoms with van der Waals surface area (Å²) < 4.78 is 1.75. The van der Waals surface area contributed by atoms with Crippen molar-refractivity contribution < 1.29 is 0 Å². The Bertz CT molecular complexity index is 628. The predicted octanol–water partition coefficient (Wildman–Crippen LogP) is 1.56. The monoisotopic (exact) mass is 215 g/mol. The van der Waals surface area contributed by atoms with Crippen molar-refractivity contribution in [2.45, 2.75) is 19.4 Å². The fourth-order valence-electron chi connectivity index (χ4n) is 2.19. The Labute approximate surface area is 92.9 Å². The number of aromatic nitrogens is 2. The molecule has 2 heterocycles. The molecule has 0 fully saturated rings. The van der Waals surface area contributed by atoms with Crippen LogP contribution < -0.4 is 10.9 Å². The first-order chi connectivity index (χ1) is 7.59. The highest BCUT2D eigenvalue weighted by Crippen LogP contribution is 2.25. The lowest BCUT2D eigenvalue weighted by Gasteiger charge is -2.19. The summed E-state index contributed by atoms with van der Waals surface area (Å²) in [5.41, 5.74) is 0.586. The number of nitrogens with zero attached hydrogens (tertiary/aromatic N) is 2. The van der Waals surface area contributed by atoms with E-state index in [0.29, 0.717) is 11.3 Å². The molecule has 0 radical (unpaired) electrons. The van der Waals surface area contributed by atoms with Gasteiger partial charge in [0.25, 0.3) is 5.56 Å². The maximum atomic E-state index is 12.3. The van der Waals surface area contributed by atoms with Crippen LogP contribution in [0.2, 0.25) is 0 Å². The highest BCUT2D eigenvalue weighted by molar-refractivity contribution is 5.78. The van der Waals surface area contributed by atoms with E-state index < -0.39 is 0 Å². The van der Waals surface area contributed by atoms with Gasteiger partial charge in [0, 0.05) is 6.54 Å². The van der Waals surface area contributed by atoms with Crippen LogP contribution in [0.5, 0.6) is 0 Å². The molecule has 0 bridgehead atoms. The van der Waals surface area contributed by atoms with E-state index in [9.17, 15) is 4.79 Å². The van der Waals surface area contributed by atoms with Crippen LogP contribution in [0.1, 0.15) is 13.8 Å². The number of nitrogens with one attached hydrogen (secondary N) is 1. The first-order valence-corrected chi connectivity index (χ1v) is 5.36. The predicted molar refractivity (Wildman–Crippen MR) is 63.8 cm³/mol. The third-order valence-corrected chi connectivity index (χ3v) is 3.06. The van der Waals surface area contributed by atoms with Gasteiger partial charge in [0.15, 0.2) is 0 Å². The molecule has 2 aromatic rings. The van der Waals surface area contributed by atoms with E-state index in [1.54, 1.807) is 4.57 Å². The average molecular weight is 215 g/mol. The van der Waals surface area contributed by atoms with Gasteiger partial charge < -0.3 is 5.32 Å². The Balaban J connectivity index is 2.47. The molecule has 0 amide bonds. The van der Waals surface area contributed by atoms with Gasteiger partial charge in [0.1, 0.15) is 0 Å². The molecule has 0 saturated heterocycles. The SMILES string of the molecule is CC1(C)CNc2nc3ccccc3c(=O)n21. The summed E-state index contributed by atoms with van der Waals surface area (Å²) in [5, 5.41) is 3.86. The molecular weight excluding hydrogens is 202 g/mol. The summed E-state index contributed by atoms with van der Waals surface area (Å²) in [4.78, 5) is 16.8.